The minimum absolute atomic E-state index is 0.301. The third-order valence-corrected chi connectivity index (χ3v) is 7.16. The van der Waals surface area contributed by atoms with Gasteiger partial charge in [0.15, 0.2) is 0 Å². The normalized spacial score (nSPS) is 23.8. The van der Waals surface area contributed by atoms with Gasteiger partial charge in [-0.2, -0.15) is 0 Å². The zero-order valence-corrected chi connectivity index (χ0v) is 24.0. The molecule has 1 aliphatic heterocycles. The van der Waals surface area contributed by atoms with Crippen molar-refractivity contribution < 1.29 is 28.4 Å². The van der Waals surface area contributed by atoms with E-state index in [-0.39, 0.29) is 24.4 Å². The van der Waals surface area contributed by atoms with E-state index in [2.05, 4.69) is 48.5 Å². The van der Waals surface area contributed by atoms with E-state index in [1.54, 1.807) is 0 Å². The van der Waals surface area contributed by atoms with Gasteiger partial charge in [-0.3, -0.25) is 0 Å². The van der Waals surface area contributed by atoms with Gasteiger partial charge in [0.25, 0.3) is 0 Å². The molecule has 1 saturated heterocycles. The molecule has 0 saturated carbocycles. The zero-order valence-electron chi connectivity index (χ0n) is 24.0. The molecule has 42 heavy (non-hydrogen) atoms. The van der Waals surface area contributed by atoms with Crippen LogP contribution in [0.4, 0.5) is 0 Å². The van der Waals surface area contributed by atoms with Gasteiger partial charge >= 0.3 is 0 Å². The molecule has 6 nitrogen and oxygen atoms in total. The van der Waals surface area contributed by atoms with Crippen LogP contribution in [-0.2, 0) is 28.4 Å². The lowest BCUT2D eigenvalue weighted by atomic mass is 9.98. The molecule has 4 aromatic carbocycles. The van der Waals surface area contributed by atoms with Crippen LogP contribution in [0.3, 0.4) is 0 Å². The zero-order chi connectivity index (χ0) is 28.7. The molecule has 1 fully saturated rings. The summed E-state index contributed by atoms with van der Waals surface area (Å²) in [6.45, 7) is 3.41. The molecule has 4 atom stereocenters. The highest BCUT2D eigenvalue weighted by Crippen LogP contribution is 2.36. The molecular weight excluding hydrogens is 528 g/mol. The molecule has 6 heteroatoms. The standard InChI is InChI=1S/C36H40O6/c1-5-13-29(14-6-1)33-34(30-15-7-2-8-16-30)40-26-22-38-24-28-42-36(32-19-11-4-12-20-32)35(31-17-9-3-10-18-31)41-27-23-37-21-25-39-33/h1-20,33-36H,21-28H2/t33-,34-,35+,36+. The van der Waals surface area contributed by atoms with Crippen LogP contribution < -0.4 is 0 Å². The predicted molar refractivity (Wildman–Crippen MR) is 162 cm³/mol. The molecule has 1 heterocycles. The second kappa shape index (κ2) is 16.9. The lowest BCUT2D eigenvalue weighted by molar-refractivity contribution is -0.120. The molecule has 0 radical (unpaired) electrons. The Balaban J connectivity index is 1.31. The number of hydrogen-bond acceptors (Lipinski definition) is 6. The molecule has 0 aromatic heterocycles. The first-order valence-corrected chi connectivity index (χ1v) is 14.7. The van der Waals surface area contributed by atoms with Crippen molar-refractivity contribution in [3.8, 4) is 0 Å². The van der Waals surface area contributed by atoms with Crippen molar-refractivity contribution in [3.63, 3.8) is 0 Å². The van der Waals surface area contributed by atoms with E-state index in [1.807, 2.05) is 72.8 Å². The van der Waals surface area contributed by atoms with Gasteiger partial charge in [-0.25, -0.2) is 0 Å². The Kier molecular flexibility index (Phi) is 12.1. The van der Waals surface area contributed by atoms with Crippen molar-refractivity contribution in [1.82, 2.24) is 0 Å². The van der Waals surface area contributed by atoms with Gasteiger partial charge in [-0.1, -0.05) is 121 Å². The molecule has 0 N–H and O–H groups in total. The maximum absolute atomic E-state index is 6.45. The number of rotatable bonds is 4. The predicted octanol–water partition coefficient (Wildman–Crippen LogP) is 7.06. The molecular formula is C36H40O6. The van der Waals surface area contributed by atoms with Gasteiger partial charge in [-0.15, -0.1) is 0 Å². The Morgan fingerprint density at radius 2 is 0.500 bits per heavy atom. The van der Waals surface area contributed by atoms with Crippen molar-refractivity contribution in [1.29, 1.82) is 0 Å². The highest BCUT2D eigenvalue weighted by atomic mass is 16.6. The Hall–Kier alpha value is -3.36. The summed E-state index contributed by atoms with van der Waals surface area (Å²) in [5, 5.41) is 0. The van der Waals surface area contributed by atoms with Gasteiger partial charge in [0.05, 0.1) is 52.9 Å². The maximum Gasteiger partial charge on any atom is 0.113 e. The summed E-state index contributed by atoms with van der Waals surface area (Å²) in [7, 11) is 0. The second-order valence-corrected chi connectivity index (χ2v) is 10.0. The molecule has 0 aliphatic carbocycles. The van der Waals surface area contributed by atoms with Gasteiger partial charge in [0, 0.05) is 0 Å². The molecule has 0 amide bonds. The Morgan fingerprint density at radius 1 is 0.286 bits per heavy atom. The highest BCUT2D eigenvalue weighted by molar-refractivity contribution is 5.26. The van der Waals surface area contributed by atoms with E-state index in [0.29, 0.717) is 52.9 Å². The van der Waals surface area contributed by atoms with Crippen molar-refractivity contribution >= 4 is 0 Å². The number of ether oxygens (including phenoxy) is 6. The quantitative estimate of drug-likeness (QED) is 0.263. The average Bonchev–Trinajstić information content (AvgIpc) is 3.06. The summed E-state index contributed by atoms with van der Waals surface area (Å²) in [6.07, 6.45) is -1.20. The van der Waals surface area contributed by atoms with E-state index in [1.165, 1.54) is 0 Å². The fraction of sp³-hybridized carbons (Fsp3) is 0.333. The van der Waals surface area contributed by atoms with Crippen molar-refractivity contribution in [3.05, 3.63) is 144 Å². The summed E-state index contributed by atoms with van der Waals surface area (Å²) in [5.74, 6) is 0. The van der Waals surface area contributed by atoms with Crippen LogP contribution >= 0.6 is 0 Å². The monoisotopic (exact) mass is 568 g/mol. The smallest absolute Gasteiger partial charge is 0.113 e. The highest BCUT2D eigenvalue weighted by Gasteiger charge is 2.28. The van der Waals surface area contributed by atoms with Gasteiger partial charge in [0.2, 0.25) is 0 Å². The lowest BCUT2D eigenvalue weighted by Gasteiger charge is -2.29. The summed E-state index contributed by atoms with van der Waals surface area (Å²) >= 11 is 0. The van der Waals surface area contributed by atoms with Gasteiger partial charge < -0.3 is 28.4 Å². The lowest BCUT2D eigenvalue weighted by Crippen LogP contribution is -2.24. The minimum atomic E-state index is -0.301. The number of hydrogen-bond donors (Lipinski definition) is 0. The molecule has 220 valence electrons. The Morgan fingerprint density at radius 3 is 0.714 bits per heavy atom. The van der Waals surface area contributed by atoms with Crippen molar-refractivity contribution in [2.45, 2.75) is 24.4 Å². The molecule has 4 aromatic rings. The van der Waals surface area contributed by atoms with Crippen molar-refractivity contribution in [2.24, 2.45) is 0 Å². The van der Waals surface area contributed by atoms with E-state index in [0.717, 1.165) is 22.3 Å². The van der Waals surface area contributed by atoms with E-state index < -0.39 is 0 Å². The average molecular weight is 569 g/mol. The van der Waals surface area contributed by atoms with E-state index >= 15 is 0 Å². The summed E-state index contributed by atoms with van der Waals surface area (Å²) in [5.41, 5.74) is 4.21. The van der Waals surface area contributed by atoms with E-state index in [4.69, 9.17) is 28.4 Å². The fourth-order valence-electron chi connectivity index (χ4n) is 5.14. The first kappa shape index (κ1) is 30.1. The SMILES string of the molecule is c1ccc([C@H]2OCCOCCO[C@@H](c3ccccc3)[C@H](c3ccccc3)OCCOCCO[C@@H]2c2ccccc2)cc1. The van der Waals surface area contributed by atoms with Gasteiger partial charge in [-0.05, 0) is 22.3 Å². The first-order chi connectivity index (χ1) is 20.9. The molecule has 0 spiro atoms. The van der Waals surface area contributed by atoms with Crippen LogP contribution in [0, 0.1) is 0 Å². The van der Waals surface area contributed by atoms with Crippen LogP contribution in [-0.4, -0.2) is 52.9 Å². The molecule has 1 aliphatic rings. The van der Waals surface area contributed by atoms with Crippen LogP contribution in [0.25, 0.3) is 0 Å². The van der Waals surface area contributed by atoms with Crippen LogP contribution in [0.5, 0.6) is 0 Å². The van der Waals surface area contributed by atoms with E-state index in [9.17, 15) is 0 Å². The fourth-order valence-corrected chi connectivity index (χ4v) is 5.14. The largest absolute Gasteiger partial charge is 0.377 e. The Labute approximate surface area is 249 Å². The molecule has 0 bridgehead atoms. The second-order valence-electron chi connectivity index (χ2n) is 10.0. The number of benzene rings is 4. The first-order valence-electron chi connectivity index (χ1n) is 14.7. The topological polar surface area (TPSA) is 55.4 Å². The van der Waals surface area contributed by atoms with Gasteiger partial charge in [0.1, 0.15) is 24.4 Å². The molecule has 5 rings (SSSR count). The maximum atomic E-state index is 6.45. The van der Waals surface area contributed by atoms with Crippen LogP contribution in [0.1, 0.15) is 46.7 Å². The van der Waals surface area contributed by atoms with Crippen molar-refractivity contribution in [2.75, 3.05) is 52.9 Å². The molecule has 0 unspecified atom stereocenters. The van der Waals surface area contributed by atoms with Crippen LogP contribution in [0.2, 0.25) is 0 Å². The third-order valence-electron chi connectivity index (χ3n) is 7.16. The summed E-state index contributed by atoms with van der Waals surface area (Å²) < 4.78 is 37.8. The summed E-state index contributed by atoms with van der Waals surface area (Å²) in [6, 6.07) is 40.8. The van der Waals surface area contributed by atoms with Crippen LogP contribution in [0.15, 0.2) is 121 Å². The third kappa shape index (κ3) is 8.82. The minimum Gasteiger partial charge on any atom is -0.377 e. The summed E-state index contributed by atoms with van der Waals surface area (Å²) in [4.78, 5) is 0. The Bertz CT molecular complexity index is 1060.